The first-order valence-electron chi connectivity index (χ1n) is 4.26. The van der Waals surface area contributed by atoms with Crippen LogP contribution in [0.1, 0.15) is 6.92 Å². The molecule has 1 atom stereocenters. The number of hydrogen-bond acceptors (Lipinski definition) is 3. The monoisotopic (exact) mass is 237 g/mol. The topological polar surface area (TPSA) is 22.1 Å². The Kier molecular flexibility index (Phi) is 4.74. The second-order valence-corrected chi connectivity index (χ2v) is 3.79. The zero-order chi connectivity index (χ0) is 11.3. The largest absolute Gasteiger partial charge is 0.432 e. The second kappa shape index (κ2) is 5.85. The van der Waals surface area contributed by atoms with Gasteiger partial charge in [0.15, 0.2) is 5.75 Å². The van der Waals surface area contributed by atoms with Crippen molar-refractivity contribution in [2.24, 2.45) is 0 Å². The zero-order valence-electron chi connectivity index (χ0n) is 7.99. The van der Waals surface area contributed by atoms with Gasteiger partial charge in [0.2, 0.25) is 0 Å². The molecule has 0 spiro atoms. The van der Waals surface area contributed by atoms with E-state index in [0.717, 1.165) is 11.8 Å². The number of aromatic nitrogens is 1. The maximum absolute atomic E-state index is 12.5. The number of hydrogen-bond donors (Lipinski definition) is 0. The fourth-order valence-corrected chi connectivity index (χ4v) is 1.65. The second-order valence-electron chi connectivity index (χ2n) is 2.78. The lowest BCUT2D eigenvalue weighted by Gasteiger charge is -2.08. The van der Waals surface area contributed by atoms with Crippen molar-refractivity contribution in [3.63, 3.8) is 0 Å². The van der Waals surface area contributed by atoms with Crippen LogP contribution in [0.5, 0.6) is 5.75 Å². The smallest absolute Gasteiger partial charge is 0.387 e. The summed E-state index contributed by atoms with van der Waals surface area (Å²) in [5.74, 6) is 0.148. The van der Waals surface area contributed by atoms with Crippen LogP contribution in [0.15, 0.2) is 23.4 Å². The van der Waals surface area contributed by atoms with Gasteiger partial charge in [0, 0.05) is 11.9 Å². The summed E-state index contributed by atoms with van der Waals surface area (Å²) in [6, 6.07) is 2.87. The Labute approximate surface area is 89.8 Å². The first kappa shape index (κ1) is 12.2. The molecule has 0 fully saturated rings. The van der Waals surface area contributed by atoms with Crippen molar-refractivity contribution in [1.82, 2.24) is 4.98 Å². The predicted octanol–water partition coefficient (Wildman–Crippen LogP) is 3.13. The molecule has 0 aliphatic rings. The summed E-state index contributed by atoms with van der Waals surface area (Å²) in [5.41, 5.74) is 0. The van der Waals surface area contributed by atoms with Gasteiger partial charge in [0.25, 0.3) is 0 Å². The lowest BCUT2D eigenvalue weighted by Crippen LogP contribution is -2.04. The summed E-state index contributed by atoms with van der Waals surface area (Å²) in [4.78, 5) is 3.84. The molecule has 0 saturated carbocycles. The van der Waals surface area contributed by atoms with Crippen LogP contribution < -0.4 is 4.74 Å². The zero-order valence-corrected chi connectivity index (χ0v) is 8.81. The normalized spacial score (nSPS) is 12.9. The SMILES string of the molecule is CC(F)CSc1ncccc1OC(F)F. The molecule has 1 unspecified atom stereocenters. The fourth-order valence-electron chi connectivity index (χ4n) is 0.864. The Morgan fingerprint density at radius 2 is 2.20 bits per heavy atom. The molecule has 0 amide bonds. The third-order valence-corrected chi connectivity index (χ3v) is 2.61. The maximum Gasteiger partial charge on any atom is 0.387 e. The van der Waals surface area contributed by atoms with Gasteiger partial charge in [-0.2, -0.15) is 8.78 Å². The van der Waals surface area contributed by atoms with Crippen LogP contribution >= 0.6 is 11.8 Å². The average molecular weight is 237 g/mol. The van der Waals surface area contributed by atoms with Gasteiger partial charge < -0.3 is 4.74 Å². The number of halogens is 3. The van der Waals surface area contributed by atoms with E-state index in [1.165, 1.54) is 25.3 Å². The first-order chi connectivity index (χ1) is 7.09. The van der Waals surface area contributed by atoms with Gasteiger partial charge in [0.1, 0.15) is 11.2 Å². The summed E-state index contributed by atoms with van der Waals surface area (Å²) in [6.45, 7) is -1.50. The summed E-state index contributed by atoms with van der Waals surface area (Å²) >= 11 is 1.05. The quantitative estimate of drug-likeness (QED) is 0.734. The summed E-state index contributed by atoms with van der Waals surface area (Å²) in [7, 11) is 0. The number of thioether (sulfide) groups is 1. The van der Waals surface area contributed by atoms with Crippen molar-refractivity contribution in [2.45, 2.75) is 24.7 Å². The molecule has 1 heterocycles. The molecular formula is C9H10F3NOS. The van der Waals surface area contributed by atoms with E-state index < -0.39 is 12.8 Å². The molecule has 15 heavy (non-hydrogen) atoms. The summed E-state index contributed by atoms with van der Waals surface area (Å²) < 4.78 is 40.7. The van der Waals surface area contributed by atoms with Gasteiger partial charge >= 0.3 is 6.61 Å². The molecule has 84 valence electrons. The highest BCUT2D eigenvalue weighted by Gasteiger charge is 2.11. The summed E-state index contributed by atoms with van der Waals surface area (Å²) in [5, 5.41) is 0.280. The van der Waals surface area contributed by atoms with Gasteiger partial charge in [0.05, 0.1) is 0 Å². The lowest BCUT2D eigenvalue weighted by atomic mass is 10.5. The molecule has 1 rings (SSSR count). The molecule has 0 aliphatic carbocycles. The van der Waals surface area contributed by atoms with E-state index in [-0.39, 0.29) is 16.5 Å². The molecule has 1 aromatic heterocycles. The summed E-state index contributed by atoms with van der Waals surface area (Å²) in [6.07, 6.45) is 0.431. The molecule has 0 radical (unpaired) electrons. The molecule has 0 bridgehead atoms. The number of nitrogens with zero attached hydrogens (tertiary/aromatic N) is 1. The van der Waals surface area contributed by atoms with Gasteiger partial charge in [-0.05, 0) is 19.1 Å². The first-order valence-corrected chi connectivity index (χ1v) is 5.25. The predicted molar refractivity (Wildman–Crippen MR) is 52.2 cm³/mol. The third-order valence-electron chi connectivity index (χ3n) is 1.40. The molecule has 2 nitrogen and oxygen atoms in total. The Bertz CT molecular complexity index is 309. The highest BCUT2D eigenvalue weighted by atomic mass is 32.2. The lowest BCUT2D eigenvalue weighted by molar-refractivity contribution is -0.0520. The van der Waals surface area contributed by atoms with Crippen LogP contribution in [0.3, 0.4) is 0 Å². The van der Waals surface area contributed by atoms with E-state index >= 15 is 0 Å². The van der Waals surface area contributed by atoms with Gasteiger partial charge in [-0.3, -0.25) is 0 Å². The minimum Gasteiger partial charge on any atom is -0.432 e. The van der Waals surface area contributed by atoms with Crippen molar-refractivity contribution in [1.29, 1.82) is 0 Å². The van der Waals surface area contributed by atoms with Gasteiger partial charge in [-0.15, -0.1) is 0 Å². The van der Waals surface area contributed by atoms with E-state index in [4.69, 9.17) is 0 Å². The fraction of sp³-hybridized carbons (Fsp3) is 0.444. The van der Waals surface area contributed by atoms with E-state index in [0.29, 0.717) is 0 Å². The molecule has 0 aromatic carbocycles. The van der Waals surface area contributed by atoms with Crippen LogP contribution in [0.25, 0.3) is 0 Å². The maximum atomic E-state index is 12.5. The van der Waals surface area contributed by atoms with Crippen LogP contribution in [0, 0.1) is 0 Å². The Hall–Kier alpha value is -0.910. The number of alkyl halides is 3. The highest BCUT2D eigenvalue weighted by Crippen LogP contribution is 2.28. The van der Waals surface area contributed by atoms with E-state index in [2.05, 4.69) is 9.72 Å². The van der Waals surface area contributed by atoms with E-state index in [9.17, 15) is 13.2 Å². The number of rotatable bonds is 5. The van der Waals surface area contributed by atoms with Crippen LogP contribution in [-0.4, -0.2) is 23.5 Å². The van der Waals surface area contributed by atoms with Crippen molar-refractivity contribution in [3.8, 4) is 5.75 Å². The Balaban J connectivity index is 2.68. The number of ether oxygens (including phenoxy) is 1. The van der Waals surface area contributed by atoms with Crippen LogP contribution in [0.4, 0.5) is 13.2 Å². The van der Waals surface area contributed by atoms with Crippen LogP contribution in [0.2, 0.25) is 0 Å². The average Bonchev–Trinajstić information content (AvgIpc) is 2.15. The Morgan fingerprint density at radius 3 is 2.80 bits per heavy atom. The standard InChI is InChI=1S/C9H10F3NOS/c1-6(10)5-15-8-7(14-9(11)12)3-2-4-13-8/h2-4,6,9H,5H2,1H3. The van der Waals surface area contributed by atoms with Crippen molar-refractivity contribution >= 4 is 11.8 Å². The van der Waals surface area contributed by atoms with Crippen molar-refractivity contribution in [2.75, 3.05) is 5.75 Å². The minimum atomic E-state index is -2.89. The van der Waals surface area contributed by atoms with Gasteiger partial charge in [-0.25, -0.2) is 9.37 Å². The number of pyridine rings is 1. The third kappa shape index (κ3) is 4.42. The van der Waals surface area contributed by atoms with E-state index in [1.54, 1.807) is 0 Å². The molecule has 0 N–H and O–H groups in total. The van der Waals surface area contributed by atoms with Crippen molar-refractivity contribution in [3.05, 3.63) is 18.3 Å². The molecule has 6 heteroatoms. The minimum absolute atomic E-state index is 0.0156. The molecule has 0 aliphatic heterocycles. The molecular weight excluding hydrogens is 227 g/mol. The molecule has 1 aromatic rings. The molecule has 0 saturated heterocycles. The van der Waals surface area contributed by atoms with E-state index in [1.807, 2.05) is 0 Å². The Morgan fingerprint density at radius 1 is 1.47 bits per heavy atom. The highest BCUT2D eigenvalue weighted by molar-refractivity contribution is 7.99. The van der Waals surface area contributed by atoms with Crippen molar-refractivity contribution < 1.29 is 17.9 Å². The van der Waals surface area contributed by atoms with Crippen LogP contribution in [-0.2, 0) is 0 Å². The van der Waals surface area contributed by atoms with Gasteiger partial charge in [-0.1, -0.05) is 11.8 Å².